The molecule has 1 atom stereocenters. The van der Waals surface area contributed by atoms with E-state index in [1.54, 1.807) is 11.8 Å². The summed E-state index contributed by atoms with van der Waals surface area (Å²) in [6, 6.07) is 8.05. The molecule has 5 nitrogen and oxygen atoms in total. The molecule has 2 N–H and O–H groups in total. The number of hydrogen-bond acceptors (Lipinski definition) is 4. The van der Waals surface area contributed by atoms with E-state index in [0.717, 1.165) is 69.9 Å². The molecule has 27 heavy (non-hydrogen) atoms. The lowest BCUT2D eigenvalue weighted by molar-refractivity contribution is 0.0376. The molecule has 1 saturated heterocycles. The fraction of sp³-hybridized carbons (Fsp3) is 0.632. The molecule has 0 amide bonds. The van der Waals surface area contributed by atoms with E-state index in [2.05, 4.69) is 34.8 Å². The zero-order valence-corrected chi connectivity index (χ0v) is 20.2. The maximum Gasteiger partial charge on any atom is 0.191 e. The Hall–Kier alpha value is -0.220. The molecular weight excluding hydrogens is 495 g/mol. The number of nitrogens with zero attached hydrogens (tertiary/aromatic N) is 2. The van der Waals surface area contributed by atoms with E-state index < -0.39 is 0 Å². The summed E-state index contributed by atoms with van der Waals surface area (Å²) < 4.78 is 5.39. The van der Waals surface area contributed by atoms with Gasteiger partial charge in [0.2, 0.25) is 0 Å². The fourth-order valence-corrected chi connectivity index (χ4v) is 3.71. The Morgan fingerprint density at radius 1 is 1.33 bits per heavy atom. The maximum absolute atomic E-state index is 6.13. The Balaban J connectivity index is 0.00000364. The first-order valence-corrected chi connectivity index (χ1v) is 11.0. The summed E-state index contributed by atoms with van der Waals surface area (Å²) in [4.78, 5) is 7.23. The van der Waals surface area contributed by atoms with Crippen molar-refractivity contribution in [2.45, 2.75) is 18.6 Å². The highest BCUT2D eigenvalue weighted by Crippen LogP contribution is 2.28. The van der Waals surface area contributed by atoms with Gasteiger partial charge in [-0.25, -0.2) is 0 Å². The molecule has 1 aromatic carbocycles. The van der Waals surface area contributed by atoms with Gasteiger partial charge >= 0.3 is 0 Å². The standard InChI is InChI=1S/C19H31ClN4OS.HI/c1-3-21-19(22-8-5-9-24-10-12-25-13-11-24)23-15-18(26-2)16-6-4-7-17(20)14-16;/h4,6-7,14,18H,3,5,8-13,15H2,1-2H3,(H2,21,22,23);1H. The van der Waals surface area contributed by atoms with E-state index in [-0.39, 0.29) is 24.0 Å². The van der Waals surface area contributed by atoms with E-state index in [1.165, 1.54) is 5.56 Å². The molecule has 0 spiro atoms. The normalized spacial score (nSPS) is 16.5. The molecule has 2 rings (SSSR count). The molecular formula is C19H32ClIN4OS. The second-order valence-electron chi connectivity index (χ2n) is 6.23. The van der Waals surface area contributed by atoms with Crippen LogP contribution in [0.4, 0.5) is 0 Å². The van der Waals surface area contributed by atoms with E-state index in [0.29, 0.717) is 5.25 Å². The van der Waals surface area contributed by atoms with Crippen molar-refractivity contribution in [3.05, 3.63) is 34.9 Å². The Bertz CT molecular complexity index is 558. The number of aliphatic imine (C=N–C) groups is 1. The Morgan fingerprint density at radius 2 is 2.11 bits per heavy atom. The fourth-order valence-electron chi connectivity index (χ4n) is 2.87. The van der Waals surface area contributed by atoms with Crippen molar-refractivity contribution in [2.75, 3.05) is 58.7 Å². The van der Waals surface area contributed by atoms with Crippen molar-refractivity contribution in [1.29, 1.82) is 0 Å². The first-order valence-electron chi connectivity index (χ1n) is 9.33. The predicted molar refractivity (Wildman–Crippen MR) is 129 cm³/mol. The summed E-state index contributed by atoms with van der Waals surface area (Å²) in [6.07, 6.45) is 3.22. The zero-order chi connectivity index (χ0) is 18.6. The van der Waals surface area contributed by atoms with Crippen molar-refractivity contribution in [2.24, 2.45) is 4.99 Å². The Morgan fingerprint density at radius 3 is 2.78 bits per heavy atom. The number of guanidine groups is 1. The van der Waals surface area contributed by atoms with Crippen molar-refractivity contribution < 1.29 is 4.74 Å². The number of benzene rings is 1. The van der Waals surface area contributed by atoms with E-state index in [1.807, 2.05) is 18.2 Å². The number of morpholine rings is 1. The van der Waals surface area contributed by atoms with Crippen LogP contribution < -0.4 is 10.6 Å². The molecule has 154 valence electrons. The second-order valence-corrected chi connectivity index (χ2v) is 7.71. The van der Waals surface area contributed by atoms with E-state index in [9.17, 15) is 0 Å². The molecule has 0 bridgehead atoms. The number of nitrogens with one attached hydrogen (secondary N) is 2. The van der Waals surface area contributed by atoms with Gasteiger partial charge in [-0.05, 0) is 43.8 Å². The van der Waals surface area contributed by atoms with Gasteiger partial charge in [0.1, 0.15) is 0 Å². The third kappa shape index (κ3) is 9.69. The van der Waals surface area contributed by atoms with Gasteiger partial charge in [0.15, 0.2) is 5.96 Å². The summed E-state index contributed by atoms with van der Waals surface area (Å²) >= 11 is 7.92. The number of thioether (sulfide) groups is 1. The van der Waals surface area contributed by atoms with Crippen molar-refractivity contribution in [3.8, 4) is 0 Å². The minimum absolute atomic E-state index is 0. The molecule has 1 aliphatic rings. The van der Waals surface area contributed by atoms with Crippen LogP contribution >= 0.6 is 47.3 Å². The van der Waals surface area contributed by atoms with Crippen molar-refractivity contribution in [3.63, 3.8) is 0 Å². The lowest BCUT2D eigenvalue weighted by atomic mass is 10.1. The maximum atomic E-state index is 6.13. The lowest BCUT2D eigenvalue weighted by Gasteiger charge is -2.26. The first kappa shape index (κ1) is 24.8. The van der Waals surface area contributed by atoms with Crippen LogP contribution in [0.3, 0.4) is 0 Å². The van der Waals surface area contributed by atoms with E-state index >= 15 is 0 Å². The smallest absolute Gasteiger partial charge is 0.191 e. The molecule has 1 aliphatic heterocycles. The molecule has 1 unspecified atom stereocenters. The van der Waals surface area contributed by atoms with Crippen LogP contribution in [-0.4, -0.2) is 69.6 Å². The summed E-state index contributed by atoms with van der Waals surface area (Å²) in [7, 11) is 0. The van der Waals surface area contributed by atoms with Gasteiger partial charge in [-0.3, -0.25) is 9.89 Å². The summed E-state index contributed by atoms with van der Waals surface area (Å²) in [5.41, 5.74) is 1.22. The lowest BCUT2D eigenvalue weighted by Crippen LogP contribution is -2.40. The van der Waals surface area contributed by atoms with Gasteiger partial charge in [0, 0.05) is 36.5 Å². The predicted octanol–water partition coefficient (Wildman–Crippen LogP) is 3.64. The van der Waals surface area contributed by atoms with Gasteiger partial charge < -0.3 is 15.4 Å². The SMILES string of the molecule is CCNC(=NCC(SC)c1cccc(Cl)c1)NCCCN1CCOCC1.I. The monoisotopic (exact) mass is 526 g/mol. The van der Waals surface area contributed by atoms with Crippen LogP contribution in [0, 0.1) is 0 Å². The van der Waals surface area contributed by atoms with Crippen LogP contribution in [0.5, 0.6) is 0 Å². The highest BCUT2D eigenvalue weighted by atomic mass is 127. The van der Waals surface area contributed by atoms with Crippen LogP contribution in [0.2, 0.25) is 5.02 Å². The first-order chi connectivity index (χ1) is 12.7. The number of ether oxygens (including phenoxy) is 1. The molecule has 8 heteroatoms. The third-order valence-corrected chi connectivity index (χ3v) is 5.54. The summed E-state index contributed by atoms with van der Waals surface area (Å²) in [6.45, 7) is 9.50. The van der Waals surface area contributed by atoms with Crippen molar-refractivity contribution in [1.82, 2.24) is 15.5 Å². The highest BCUT2D eigenvalue weighted by Gasteiger charge is 2.11. The molecule has 1 heterocycles. The number of halogens is 2. The molecule has 0 radical (unpaired) electrons. The van der Waals surface area contributed by atoms with Crippen LogP contribution in [-0.2, 0) is 4.74 Å². The van der Waals surface area contributed by atoms with Gasteiger partial charge in [-0.2, -0.15) is 11.8 Å². The Labute approximate surface area is 190 Å². The minimum atomic E-state index is 0. The molecule has 0 aromatic heterocycles. The van der Waals surface area contributed by atoms with Crippen LogP contribution in [0.25, 0.3) is 0 Å². The molecule has 1 fully saturated rings. The van der Waals surface area contributed by atoms with Gasteiger partial charge in [-0.15, -0.1) is 24.0 Å². The van der Waals surface area contributed by atoms with E-state index in [4.69, 9.17) is 21.3 Å². The number of rotatable bonds is 9. The second kappa shape index (κ2) is 14.7. The average molecular weight is 527 g/mol. The third-order valence-electron chi connectivity index (χ3n) is 4.31. The average Bonchev–Trinajstić information content (AvgIpc) is 2.66. The molecule has 1 aromatic rings. The largest absolute Gasteiger partial charge is 0.379 e. The molecule has 0 aliphatic carbocycles. The molecule has 0 saturated carbocycles. The van der Waals surface area contributed by atoms with Crippen LogP contribution in [0.1, 0.15) is 24.2 Å². The number of hydrogen-bond donors (Lipinski definition) is 2. The van der Waals surface area contributed by atoms with Crippen molar-refractivity contribution >= 4 is 53.3 Å². The zero-order valence-electron chi connectivity index (χ0n) is 16.2. The van der Waals surface area contributed by atoms with Gasteiger partial charge in [-0.1, -0.05) is 23.7 Å². The summed E-state index contributed by atoms with van der Waals surface area (Å²) in [5, 5.41) is 7.86. The quantitative estimate of drug-likeness (QED) is 0.223. The topological polar surface area (TPSA) is 48.9 Å². The Kier molecular flexibility index (Phi) is 13.5. The summed E-state index contributed by atoms with van der Waals surface area (Å²) in [5.74, 6) is 0.885. The van der Waals surface area contributed by atoms with Gasteiger partial charge in [0.25, 0.3) is 0 Å². The minimum Gasteiger partial charge on any atom is -0.379 e. The van der Waals surface area contributed by atoms with Gasteiger partial charge in [0.05, 0.1) is 19.8 Å². The van der Waals surface area contributed by atoms with Crippen LogP contribution in [0.15, 0.2) is 29.3 Å². The highest BCUT2D eigenvalue weighted by molar-refractivity contribution is 14.0.